The van der Waals surface area contributed by atoms with E-state index in [0.29, 0.717) is 13.2 Å². The fourth-order valence-electron chi connectivity index (χ4n) is 0.500. The van der Waals surface area contributed by atoms with E-state index >= 15 is 0 Å². The van der Waals surface area contributed by atoms with Crippen molar-refractivity contribution >= 4 is 0 Å². The summed E-state index contributed by atoms with van der Waals surface area (Å²) in [6, 6.07) is 0. The Morgan fingerprint density at radius 3 is 2.30 bits per heavy atom. The summed E-state index contributed by atoms with van der Waals surface area (Å²) in [4.78, 5) is 0. The summed E-state index contributed by atoms with van der Waals surface area (Å²) in [5, 5.41) is 0. The van der Waals surface area contributed by atoms with Gasteiger partial charge < -0.3 is 9.47 Å². The number of ether oxygens (including phenoxy) is 2. The average Bonchev–Trinajstić information content (AvgIpc) is 1.99. The van der Waals surface area contributed by atoms with Crippen molar-refractivity contribution in [1.82, 2.24) is 0 Å². The molecule has 0 aromatic rings. The van der Waals surface area contributed by atoms with Gasteiger partial charge in [-0.1, -0.05) is 12.2 Å². The molecule has 2 heteroatoms. The number of hydrogen-bond donors (Lipinski definition) is 0. The summed E-state index contributed by atoms with van der Waals surface area (Å²) in [6.45, 7) is 8.34. The summed E-state index contributed by atoms with van der Waals surface area (Å²) in [7, 11) is 1.64. The van der Waals surface area contributed by atoms with Crippen LogP contribution in [-0.2, 0) is 9.47 Å². The average molecular weight is 142 g/mol. The van der Waals surface area contributed by atoms with Crippen LogP contribution < -0.4 is 0 Å². The van der Waals surface area contributed by atoms with Crippen LogP contribution in [0.25, 0.3) is 0 Å². The number of methoxy groups -OCH3 is 1. The van der Waals surface area contributed by atoms with Gasteiger partial charge in [0.15, 0.2) is 0 Å². The van der Waals surface area contributed by atoms with Crippen molar-refractivity contribution in [2.24, 2.45) is 0 Å². The predicted molar refractivity (Wildman–Crippen MR) is 42.0 cm³/mol. The first-order valence-corrected chi connectivity index (χ1v) is 3.20. The minimum atomic E-state index is -0.0462. The van der Waals surface area contributed by atoms with Gasteiger partial charge in [0.25, 0.3) is 0 Å². The number of hydrogen-bond acceptors (Lipinski definition) is 2. The highest BCUT2D eigenvalue weighted by molar-refractivity contribution is 4.93. The third-order valence-electron chi connectivity index (χ3n) is 1.06. The Balaban J connectivity index is 3.25. The highest BCUT2D eigenvalue weighted by Gasteiger charge is 1.95. The zero-order valence-electron chi connectivity index (χ0n) is 6.38. The Morgan fingerprint density at radius 2 is 1.90 bits per heavy atom. The van der Waals surface area contributed by atoms with Gasteiger partial charge in [0, 0.05) is 7.11 Å². The van der Waals surface area contributed by atoms with E-state index in [1.807, 2.05) is 0 Å². The molecule has 0 aliphatic heterocycles. The zero-order chi connectivity index (χ0) is 7.82. The maximum absolute atomic E-state index is 5.22. The first-order chi connectivity index (χ1) is 4.85. The van der Waals surface area contributed by atoms with Gasteiger partial charge in [-0.25, -0.2) is 0 Å². The van der Waals surface area contributed by atoms with Crippen LogP contribution in [0.2, 0.25) is 0 Å². The topological polar surface area (TPSA) is 18.5 Å². The van der Waals surface area contributed by atoms with Gasteiger partial charge in [0.05, 0.1) is 19.3 Å². The molecule has 2 nitrogen and oxygen atoms in total. The fraction of sp³-hybridized carbons (Fsp3) is 0.500. The Bertz CT molecular complexity index is 91.4. The molecule has 0 saturated heterocycles. The van der Waals surface area contributed by atoms with Gasteiger partial charge in [-0.05, 0) is 0 Å². The van der Waals surface area contributed by atoms with Crippen molar-refractivity contribution in [3.63, 3.8) is 0 Å². The van der Waals surface area contributed by atoms with Gasteiger partial charge >= 0.3 is 0 Å². The third-order valence-corrected chi connectivity index (χ3v) is 1.06. The van der Waals surface area contributed by atoms with Crippen LogP contribution in [0.15, 0.2) is 25.3 Å². The molecule has 0 bridgehead atoms. The van der Waals surface area contributed by atoms with Crippen LogP contribution in [0.5, 0.6) is 0 Å². The first-order valence-electron chi connectivity index (χ1n) is 3.20. The Hall–Kier alpha value is -0.600. The largest absolute Gasteiger partial charge is 0.382 e. The second-order valence-corrected chi connectivity index (χ2v) is 1.80. The zero-order valence-corrected chi connectivity index (χ0v) is 6.38. The second-order valence-electron chi connectivity index (χ2n) is 1.80. The standard InChI is InChI=1S/C8H14O2/c1-4-8(5-2)10-7-6-9-3/h4-5,8H,1-2,6-7H2,3H3. The van der Waals surface area contributed by atoms with Crippen molar-refractivity contribution < 1.29 is 9.47 Å². The molecular weight excluding hydrogens is 128 g/mol. The fourth-order valence-corrected chi connectivity index (χ4v) is 0.500. The minimum Gasteiger partial charge on any atom is -0.382 e. The summed E-state index contributed by atoms with van der Waals surface area (Å²) in [5.74, 6) is 0. The van der Waals surface area contributed by atoms with Crippen molar-refractivity contribution in [2.45, 2.75) is 6.10 Å². The lowest BCUT2D eigenvalue weighted by atomic mass is 10.3. The predicted octanol–water partition coefficient (Wildman–Crippen LogP) is 1.39. The molecular formula is C8H14O2. The normalized spacial score (nSPS) is 9.80. The maximum atomic E-state index is 5.22. The van der Waals surface area contributed by atoms with E-state index < -0.39 is 0 Å². The van der Waals surface area contributed by atoms with Crippen LogP contribution in [0.4, 0.5) is 0 Å². The van der Waals surface area contributed by atoms with Crippen LogP contribution in [0, 0.1) is 0 Å². The summed E-state index contributed by atoms with van der Waals surface area (Å²) in [6.07, 6.45) is 3.35. The number of rotatable bonds is 6. The monoisotopic (exact) mass is 142 g/mol. The molecule has 0 aliphatic carbocycles. The molecule has 0 amide bonds. The molecule has 0 saturated carbocycles. The summed E-state index contributed by atoms with van der Waals surface area (Å²) < 4.78 is 10.0. The quantitative estimate of drug-likeness (QED) is 0.412. The molecule has 0 aromatic carbocycles. The molecule has 0 fully saturated rings. The van der Waals surface area contributed by atoms with Gasteiger partial charge in [0.1, 0.15) is 0 Å². The smallest absolute Gasteiger partial charge is 0.0933 e. The van der Waals surface area contributed by atoms with Crippen LogP contribution in [0.1, 0.15) is 0 Å². The molecule has 0 spiro atoms. The summed E-state index contributed by atoms with van der Waals surface area (Å²) in [5.41, 5.74) is 0. The van der Waals surface area contributed by atoms with E-state index in [0.717, 1.165) is 0 Å². The highest BCUT2D eigenvalue weighted by Crippen LogP contribution is 1.92. The molecule has 0 unspecified atom stereocenters. The van der Waals surface area contributed by atoms with E-state index in [-0.39, 0.29) is 6.10 Å². The van der Waals surface area contributed by atoms with E-state index in [1.165, 1.54) is 0 Å². The van der Waals surface area contributed by atoms with Crippen molar-refractivity contribution in [3.05, 3.63) is 25.3 Å². The van der Waals surface area contributed by atoms with Crippen LogP contribution in [-0.4, -0.2) is 26.4 Å². The molecule has 0 atom stereocenters. The minimum absolute atomic E-state index is 0.0462. The molecule has 0 aliphatic rings. The highest BCUT2D eigenvalue weighted by atomic mass is 16.5. The molecule has 0 heterocycles. The molecule has 58 valence electrons. The molecule has 0 aromatic heterocycles. The third kappa shape index (κ3) is 4.30. The van der Waals surface area contributed by atoms with E-state index in [2.05, 4.69) is 13.2 Å². The van der Waals surface area contributed by atoms with Gasteiger partial charge in [-0.3, -0.25) is 0 Å². The lowest BCUT2D eigenvalue weighted by Crippen LogP contribution is -2.10. The lowest BCUT2D eigenvalue weighted by Gasteiger charge is -2.07. The molecule has 0 N–H and O–H groups in total. The SMILES string of the molecule is C=CC(C=C)OCCOC. The van der Waals surface area contributed by atoms with Gasteiger partial charge in [-0.15, -0.1) is 13.2 Å². The van der Waals surface area contributed by atoms with Crippen LogP contribution >= 0.6 is 0 Å². The van der Waals surface area contributed by atoms with E-state index in [9.17, 15) is 0 Å². The Kier molecular flexibility index (Phi) is 6.13. The van der Waals surface area contributed by atoms with Gasteiger partial charge in [-0.2, -0.15) is 0 Å². The maximum Gasteiger partial charge on any atom is 0.0933 e. The van der Waals surface area contributed by atoms with Crippen molar-refractivity contribution in [1.29, 1.82) is 0 Å². The van der Waals surface area contributed by atoms with Gasteiger partial charge in [0.2, 0.25) is 0 Å². The lowest BCUT2D eigenvalue weighted by molar-refractivity contribution is 0.0588. The second kappa shape index (κ2) is 6.52. The summed E-state index contributed by atoms with van der Waals surface area (Å²) >= 11 is 0. The molecule has 0 radical (unpaired) electrons. The van der Waals surface area contributed by atoms with Crippen molar-refractivity contribution in [2.75, 3.05) is 20.3 Å². The Labute approximate surface area is 62.1 Å². The first kappa shape index (κ1) is 9.40. The Morgan fingerprint density at radius 1 is 1.30 bits per heavy atom. The molecule has 10 heavy (non-hydrogen) atoms. The van der Waals surface area contributed by atoms with E-state index in [1.54, 1.807) is 19.3 Å². The van der Waals surface area contributed by atoms with E-state index in [4.69, 9.17) is 9.47 Å². The van der Waals surface area contributed by atoms with Crippen molar-refractivity contribution in [3.8, 4) is 0 Å². The molecule has 0 rings (SSSR count). The van der Waals surface area contributed by atoms with Crippen LogP contribution in [0.3, 0.4) is 0 Å².